The lowest BCUT2D eigenvalue weighted by molar-refractivity contribution is -0.297. The van der Waals surface area contributed by atoms with Crippen molar-refractivity contribution in [2.24, 2.45) is 17.2 Å². The number of hydrogen-bond donors (Lipinski definition) is 11. The van der Waals surface area contributed by atoms with Crippen molar-refractivity contribution < 1.29 is 54.4 Å². The standard InChI is InChI=1S/C24H44N4O11.CH5N/c1-24(35)8-15(30)23(36-11-24)39-21-14(28-22(34)18(32)16(31)9-25)7-13(26)20(19(21)33)38-17-4-2-3-12(37-17)10-27-5-6-29;1-2/h3,13-21,23,27,29-33,35H,2,4-11,25-26H2,1H3,(H,28,34);2H2,1H3/t13?,14?,15?,16?,17-,18?,19?,20-,21+,23?,24-;/m1./s1. The summed E-state index contributed by atoms with van der Waals surface area (Å²) < 4.78 is 23.4. The van der Waals surface area contributed by atoms with Gasteiger partial charge < -0.3 is 77.4 Å². The van der Waals surface area contributed by atoms with Gasteiger partial charge in [-0.2, -0.15) is 0 Å². The number of amides is 1. The van der Waals surface area contributed by atoms with Gasteiger partial charge in [0.15, 0.2) is 18.7 Å². The molecule has 0 spiro atoms. The minimum absolute atomic E-state index is 0.0193. The molecule has 14 N–H and O–H groups in total. The zero-order valence-electron chi connectivity index (χ0n) is 23.7. The lowest BCUT2D eigenvalue weighted by Crippen LogP contribution is -2.67. The highest BCUT2D eigenvalue weighted by molar-refractivity contribution is 5.81. The maximum atomic E-state index is 12.6. The van der Waals surface area contributed by atoms with Crippen molar-refractivity contribution in [2.45, 2.75) is 99.5 Å². The maximum Gasteiger partial charge on any atom is 0.251 e. The summed E-state index contributed by atoms with van der Waals surface area (Å²) in [5.74, 6) is -0.325. The summed E-state index contributed by atoms with van der Waals surface area (Å²) in [5.41, 5.74) is 14.9. The highest BCUT2D eigenvalue weighted by Gasteiger charge is 2.49. The Kier molecular flexibility index (Phi) is 14.8. The van der Waals surface area contributed by atoms with E-state index in [0.29, 0.717) is 31.7 Å². The fourth-order valence-electron chi connectivity index (χ4n) is 4.90. The van der Waals surface area contributed by atoms with Gasteiger partial charge in [-0.25, -0.2) is 0 Å². The molecule has 1 saturated heterocycles. The van der Waals surface area contributed by atoms with Gasteiger partial charge in [-0.15, -0.1) is 0 Å². The van der Waals surface area contributed by atoms with Crippen LogP contribution in [0, 0.1) is 0 Å². The lowest BCUT2D eigenvalue weighted by Gasteiger charge is -2.47. The van der Waals surface area contributed by atoms with Gasteiger partial charge in [-0.1, -0.05) is 0 Å². The molecule has 0 bridgehead atoms. The average Bonchev–Trinajstić information content (AvgIpc) is 2.94. The first kappa shape index (κ1) is 35.7. The lowest BCUT2D eigenvalue weighted by atomic mass is 9.83. The van der Waals surface area contributed by atoms with E-state index in [1.165, 1.54) is 14.0 Å². The molecule has 3 aliphatic rings. The Labute approximate surface area is 239 Å². The first-order valence-corrected chi connectivity index (χ1v) is 13.8. The van der Waals surface area contributed by atoms with Crippen LogP contribution in [0.25, 0.3) is 0 Å². The van der Waals surface area contributed by atoms with Crippen LogP contribution < -0.4 is 27.8 Å². The number of hydrogen-bond acceptors (Lipinski definition) is 15. The molecular weight excluding hydrogens is 546 g/mol. The van der Waals surface area contributed by atoms with Gasteiger partial charge in [-0.05, 0) is 32.9 Å². The molecule has 7 unspecified atom stereocenters. The molecule has 16 heteroatoms. The molecule has 1 saturated carbocycles. The van der Waals surface area contributed by atoms with E-state index < -0.39 is 72.8 Å². The van der Waals surface area contributed by atoms with Crippen LogP contribution in [0.5, 0.6) is 0 Å². The summed E-state index contributed by atoms with van der Waals surface area (Å²) in [5, 5.41) is 66.5. The van der Waals surface area contributed by atoms with Crippen molar-refractivity contribution in [3.8, 4) is 0 Å². The van der Waals surface area contributed by atoms with E-state index in [0.717, 1.165) is 0 Å². The normalized spacial score (nSPS) is 37.1. The Morgan fingerprint density at radius 2 is 1.95 bits per heavy atom. The van der Waals surface area contributed by atoms with Crippen LogP contribution in [-0.4, -0.2) is 143 Å². The van der Waals surface area contributed by atoms with E-state index >= 15 is 0 Å². The molecule has 2 aliphatic heterocycles. The smallest absolute Gasteiger partial charge is 0.251 e. The van der Waals surface area contributed by atoms with Gasteiger partial charge in [0.25, 0.3) is 5.91 Å². The largest absolute Gasteiger partial charge is 0.468 e. The molecule has 0 radical (unpaired) electrons. The predicted octanol–water partition coefficient (Wildman–Crippen LogP) is -4.95. The summed E-state index contributed by atoms with van der Waals surface area (Å²) >= 11 is 0. The third kappa shape index (κ3) is 10.3. The van der Waals surface area contributed by atoms with Gasteiger partial charge in [0, 0.05) is 32.0 Å². The zero-order chi connectivity index (χ0) is 30.7. The van der Waals surface area contributed by atoms with Crippen LogP contribution in [0.2, 0.25) is 0 Å². The molecular formula is C25H49N5O11. The Balaban J connectivity index is 0.00000287. The van der Waals surface area contributed by atoms with E-state index in [-0.39, 0.29) is 32.6 Å². The minimum atomic E-state index is -1.83. The molecule has 0 aromatic rings. The van der Waals surface area contributed by atoms with Gasteiger partial charge in [-0.3, -0.25) is 4.79 Å². The number of carbonyl (C=O) groups is 1. The molecule has 2 fully saturated rings. The molecule has 41 heavy (non-hydrogen) atoms. The average molecular weight is 596 g/mol. The Hall–Kier alpha value is -1.51. The number of allylic oxidation sites excluding steroid dienone is 1. The molecule has 16 nitrogen and oxygen atoms in total. The SMILES string of the molecule is CN.C[C@]1(O)COC(O[C@H]2C(NC(=O)C(O)C(O)CN)CC(N)[C@@H](O[C@@H]3CCC=C(CNCCO)O3)C2O)C(O)C1. The number of rotatable bonds is 12. The van der Waals surface area contributed by atoms with Gasteiger partial charge >= 0.3 is 0 Å². The molecule has 3 rings (SSSR count). The number of nitrogens with two attached hydrogens (primary N) is 3. The van der Waals surface area contributed by atoms with Crippen LogP contribution in [-0.2, 0) is 23.7 Å². The van der Waals surface area contributed by atoms with E-state index in [2.05, 4.69) is 16.4 Å². The third-order valence-corrected chi connectivity index (χ3v) is 6.99. The zero-order valence-corrected chi connectivity index (χ0v) is 23.7. The summed E-state index contributed by atoms with van der Waals surface area (Å²) in [6.07, 6.45) is -7.15. The topological polar surface area (TPSA) is 277 Å². The highest BCUT2D eigenvalue weighted by atomic mass is 16.7. The van der Waals surface area contributed by atoms with E-state index in [4.69, 9.17) is 35.5 Å². The Morgan fingerprint density at radius 1 is 1.24 bits per heavy atom. The quantitative estimate of drug-likeness (QED) is 0.0943. The second kappa shape index (κ2) is 17.0. The first-order chi connectivity index (χ1) is 19.5. The summed E-state index contributed by atoms with van der Waals surface area (Å²) in [6, 6.07) is -1.77. The molecule has 0 aromatic heterocycles. The van der Waals surface area contributed by atoms with Crippen molar-refractivity contribution in [3.05, 3.63) is 11.8 Å². The molecule has 1 aliphatic carbocycles. The van der Waals surface area contributed by atoms with Gasteiger partial charge in [0.2, 0.25) is 0 Å². The number of carbonyl (C=O) groups excluding carboxylic acids is 1. The van der Waals surface area contributed by atoms with Crippen LogP contribution in [0.4, 0.5) is 0 Å². The number of ether oxygens (including phenoxy) is 4. The monoisotopic (exact) mass is 595 g/mol. The van der Waals surface area contributed by atoms with Crippen molar-refractivity contribution in [1.29, 1.82) is 0 Å². The van der Waals surface area contributed by atoms with Crippen LogP contribution in [0.1, 0.15) is 32.6 Å². The number of aliphatic hydroxyl groups is 6. The third-order valence-electron chi connectivity index (χ3n) is 6.99. The minimum Gasteiger partial charge on any atom is -0.468 e. The number of aliphatic hydroxyl groups excluding tert-OH is 5. The van der Waals surface area contributed by atoms with Crippen molar-refractivity contribution in [2.75, 3.05) is 39.9 Å². The Bertz CT molecular complexity index is 823. The molecule has 11 atom stereocenters. The molecule has 240 valence electrons. The van der Waals surface area contributed by atoms with Crippen LogP contribution >= 0.6 is 0 Å². The van der Waals surface area contributed by atoms with Crippen molar-refractivity contribution in [1.82, 2.24) is 10.6 Å². The fraction of sp³-hybridized carbons (Fsp3) is 0.880. The van der Waals surface area contributed by atoms with E-state index in [1.807, 2.05) is 6.08 Å². The molecule has 1 amide bonds. The molecule has 0 aromatic carbocycles. The van der Waals surface area contributed by atoms with Crippen molar-refractivity contribution in [3.63, 3.8) is 0 Å². The van der Waals surface area contributed by atoms with Crippen molar-refractivity contribution >= 4 is 5.91 Å². The number of nitrogens with one attached hydrogen (secondary N) is 2. The fourth-order valence-corrected chi connectivity index (χ4v) is 4.90. The molecule has 2 heterocycles. The van der Waals surface area contributed by atoms with Gasteiger partial charge in [0.1, 0.15) is 36.3 Å². The predicted molar refractivity (Wildman–Crippen MR) is 145 cm³/mol. The Morgan fingerprint density at radius 3 is 2.59 bits per heavy atom. The van der Waals surface area contributed by atoms with Gasteiger partial charge in [0.05, 0.1) is 31.4 Å². The second-order valence-electron chi connectivity index (χ2n) is 10.6. The summed E-state index contributed by atoms with van der Waals surface area (Å²) in [7, 11) is 1.50. The highest BCUT2D eigenvalue weighted by Crippen LogP contribution is 2.32. The van der Waals surface area contributed by atoms with E-state index in [9.17, 15) is 30.3 Å². The first-order valence-electron chi connectivity index (χ1n) is 13.8. The van der Waals surface area contributed by atoms with Crippen LogP contribution in [0.15, 0.2) is 11.8 Å². The van der Waals surface area contributed by atoms with Crippen LogP contribution in [0.3, 0.4) is 0 Å². The summed E-state index contributed by atoms with van der Waals surface area (Å²) in [6.45, 7) is 1.78. The van der Waals surface area contributed by atoms with E-state index in [1.54, 1.807) is 0 Å². The maximum absolute atomic E-state index is 12.6. The summed E-state index contributed by atoms with van der Waals surface area (Å²) in [4.78, 5) is 12.6. The second-order valence-corrected chi connectivity index (χ2v) is 10.6.